The van der Waals surface area contributed by atoms with Crippen molar-refractivity contribution in [1.29, 1.82) is 0 Å². The lowest BCUT2D eigenvalue weighted by atomic mass is 10.1. The maximum Gasteiger partial charge on any atom is 0.253 e. The van der Waals surface area contributed by atoms with Crippen LogP contribution in [0.1, 0.15) is 34.4 Å². The molecule has 1 amide bonds. The van der Waals surface area contributed by atoms with Crippen molar-refractivity contribution in [2.75, 3.05) is 31.7 Å². The number of ether oxygens (including phenoxy) is 1. The van der Waals surface area contributed by atoms with Gasteiger partial charge in [-0.05, 0) is 25.0 Å². The number of nitrogens with zero attached hydrogens (tertiary/aromatic N) is 3. The molecule has 0 radical (unpaired) electrons. The van der Waals surface area contributed by atoms with Crippen LogP contribution in [0.4, 0.5) is 5.82 Å². The van der Waals surface area contributed by atoms with E-state index in [9.17, 15) is 4.79 Å². The van der Waals surface area contributed by atoms with Crippen LogP contribution in [-0.2, 0) is 17.7 Å². The van der Waals surface area contributed by atoms with Crippen molar-refractivity contribution >= 4 is 23.1 Å². The molecule has 1 N–H and O–H groups in total. The number of anilines is 1. The Balaban J connectivity index is 1.53. The maximum absolute atomic E-state index is 12.3. The molecule has 25 heavy (non-hydrogen) atoms. The summed E-state index contributed by atoms with van der Waals surface area (Å²) in [5, 5.41) is 5.86. The number of nitrogens with one attached hydrogen (secondary N) is 1. The fraction of sp³-hybridized carbons (Fsp3) is 0.500. The first-order chi connectivity index (χ1) is 12.2. The second kappa shape index (κ2) is 8.40. The highest BCUT2D eigenvalue weighted by molar-refractivity contribution is 7.09. The molecule has 2 aromatic heterocycles. The summed E-state index contributed by atoms with van der Waals surface area (Å²) in [5.41, 5.74) is 1.64. The van der Waals surface area contributed by atoms with Gasteiger partial charge in [0.15, 0.2) is 0 Å². The highest BCUT2D eigenvalue weighted by atomic mass is 32.1. The van der Waals surface area contributed by atoms with Gasteiger partial charge in [0, 0.05) is 37.7 Å². The highest BCUT2D eigenvalue weighted by Gasteiger charge is 2.23. The molecule has 3 heterocycles. The number of rotatable bonds is 7. The summed E-state index contributed by atoms with van der Waals surface area (Å²) in [5.74, 6) is 1.36. The Labute approximate surface area is 152 Å². The molecular weight excluding hydrogens is 336 g/mol. The zero-order valence-electron chi connectivity index (χ0n) is 14.7. The standard InChI is InChI=1S/C18H24N4O2S/c1-3-15-12-25-17(21-15)9-20-18(23)14-4-5-16(19-8-14)22-7-6-13(10-22)11-24-2/h4-5,8,12-13H,3,6-7,9-11H2,1-2H3,(H,20,23). The van der Waals surface area contributed by atoms with Gasteiger partial charge in [-0.1, -0.05) is 6.92 Å². The number of carbonyl (C=O) groups excluding carboxylic acids is 1. The molecular formula is C18H24N4O2S. The SMILES string of the molecule is CCc1csc(CNC(=O)c2ccc(N3CCC(COC)C3)nc2)n1. The van der Waals surface area contributed by atoms with E-state index in [1.165, 1.54) is 0 Å². The molecule has 0 saturated carbocycles. The van der Waals surface area contributed by atoms with Gasteiger partial charge in [0.05, 0.1) is 24.4 Å². The first-order valence-corrected chi connectivity index (χ1v) is 9.49. The minimum Gasteiger partial charge on any atom is -0.384 e. The van der Waals surface area contributed by atoms with Crippen LogP contribution >= 0.6 is 11.3 Å². The minimum absolute atomic E-state index is 0.119. The maximum atomic E-state index is 12.3. The normalized spacial score (nSPS) is 17.0. The molecule has 1 aliphatic heterocycles. The van der Waals surface area contributed by atoms with Gasteiger partial charge in [-0.15, -0.1) is 11.3 Å². The van der Waals surface area contributed by atoms with E-state index < -0.39 is 0 Å². The van der Waals surface area contributed by atoms with Crippen molar-refractivity contribution in [2.45, 2.75) is 26.3 Å². The number of carbonyl (C=O) groups is 1. The molecule has 1 aliphatic rings. The van der Waals surface area contributed by atoms with Crippen LogP contribution in [0.2, 0.25) is 0 Å². The number of hydrogen-bond donors (Lipinski definition) is 1. The van der Waals surface area contributed by atoms with Gasteiger partial charge in [0.2, 0.25) is 0 Å². The fourth-order valence-electron chi connectivity index (χ4n) is 2.97. The third kappa shape index (κ3) is 4.55. The molecule has 0 aliphatic carbocycles. The monoisotopic (exact) mass is 360 g/mol. The number of hydrogen-bond acceptors (Lipinski definition) is 6. The van der Waals surface area contributed by atoms with Crippen molar-refractivity contribution < 1.29 is 9.53 Å². The molecule has 0 aromatic carbocycles. The summed E-state index contributed by atoms with van der Waals surface area (Å²) in [6.45, 7) is 5.25. The first-order valence-electron chi connectivity index (χ1n) is 8.61. The largest absolute Gasteiger partial charge is 0.384 e. The molecule has 1 unspecified atom stereocenters. The predicted octanol–water partition coefficient (Wildman–Crippen LogP) is 2.50. The number of pyridine rings is 1. The van der Waals surface area contributed by atoms with E-state index in [1.54, 1.807) is 24.6 Å². The quantitative estimate of drug-likeness (QED) is 0.822. The Morgan fingerprint density at radius 1 is 1.48 bits per heavy atom. The molecule has 1 fully saturated rings. The Bertz CT molecular complexity index is 701. The highest BCUT2D eigenvalue weighted by Crippen LogP contribution is 2.22. The van der Waals surface area contributed by atoms with Gasteiger partial charge in [-0.25, -0.2) is 9.97 Å². The van der Waals surface area contributed by atoms with Gasteiger partial charge < -0.3 is 15.0 Å². The summed E-state index contributed by atoms with van der Waals surface area (Å²) < 4.78 is 5.23. The van der Waals surface area contributed by atoms with E-state index in [4.69, 9.17) is 4.74 Å². The van der Waals surface area contributed by atoms with Crippen molar-refractivity contribution in [1.82, 2.24) is 15.3 Å². The van der Waals surface area contributed by atoms with Gasteiger partial charge >= 0.3 is 0 Å². The zero-order valence-corrected chi connectivity index (χ0v) is 15.5. The van der Waals surface area contributed by atoms with Crippen LogP contribution in [0.5, 0.6) is 0 Å². The number of thiazole rings is 1. The van der Waals surface area contributed by atoms with E-state index in [2.05, 4.69) is 27.1 Å². The second-order valence-corrected chi connectivity index (χ2v) is 7.17. The van der Waals surface area contributed by atoms with Crippen molar-refractivity contribution in [3.8, 4) is 0 Å². The van der Waals surface area contributed by atoms with Crippen LogP contribution in [0.3, 0.4) is 0 Å². The Morgan fingerprint density at radius 2 is 2.36 bits per heavy atom. The molecule has 6 nitrogen and oxygen atoms in total. The summed E-state index contributed by atoms with van der Waals surface area (Å²) in [6, 6.07) is 3.75. The van der Waals surface area contributed by atoms with Crippen LogP contribution in [0.15, 0.2) is 23.7 Å². The van der Waals surface area contributed by atoms with Crippen molar-refractivity contribution in [3.05, 3.63) is 40.0 Å². The van der Waals surface area contributed by atoms with Crippen LogP contribution in [-0.4, -0.2) is 42.7 Å². The molecule has 2 aromatic rings. The zero-order chi connectivity index (χ0) is 17.6. The Morgan fingerprint density at radius 3 is 3.04 bits per heavy atom. The summed E-state index contributed by atoms with van der Waals surface area (Å²) >= 11 is 1.58. The third-order valence-electron chi connectivity index (χ3n) is 4.38. The minimum atomic E-state index is -0.119. The van der Waals surface area contributed by atoms with Crippen molar-refractivity contribution in [2.24, 2.45) is 5.92 Å². The lowest BCUT2D eigenvalue weighted by molar-refractivity contribution is 0.0950. The van der Waals surface area contributed by atoms with Gasteiger partial charge in [0.1, 0.15) is 10.8 Å². The fourth-order valence-corrected chi connectivity index (χ4v) is 3.79. The smallest absolute Gasteiger partial charge is 0.253 e. The summed E-state index contributed by atoms with van der Waals surface area (Å²) in [4.78, 5) is 23.4. The number of aromatic nitrogens is 2. The van der Waals surface area contributed by atoms with E-state index in [0.717, 1.165) is 49.1 Å². The topological polar surface area (TPSA) is 67.4 Å². The molecule has 0 spiro atoms. The van der Waals surface area contributed by atoms with E-state index in [1.807, 2.05) is 17.5 Å². The number of methoxy groups -OCH3 is 1. The lowest BCUT2D eigenvalue weighted by Crippen LogP contribution is -2.24. The van der Waals surface area contributed by atoms with Gasteiger partial charge in [-0.2, -0.15) is 0 Å². The lowest BCUT2D eigenvalue weighted by Gasteiger charge is -2.17. The molecule has 1 saturated heterocycles. The summed E-state index contributed by atoms with van der Waals surface area (Å²) in [6.07, 6.45) is 3.68. The molecule has 3 rings (SSSR count). The Hall–Kier alpha value is -1.99. The second-order valence-electron chi connectivity index (χ2n) is 6.23. The van der Waals surface area contributed by atoms with Crippen LogP contribution in [0, 0.1) is 5.92 Å². The van der Waals surface area contributed by atoms with Crippen LogP contribution in [0.25, 0.3) is 0 Å². The van der Waals surface area contributed by atoms with E-state index in [-0.39, 0.29) is 5.91 Å². The molecule has 134 valence electrons. The Kier molecular flexibility index (Phi) is 5.99. The van der Waals surface area contributed by atoms with E-state index >= 15 is 0 Å². The summed E-state index contributed by atoms with van der Waals surface area (Å²) in [7, 11) is 1.74. The van der Waals surface area contributed by atoms with E-state index in [0.29, 0.717) is 18.0 Å². The number of aryl methyl sites for hydroxylation is 1. The van der Waals surface area contributed by atoms with Crippen LogP contribution < -0.4 is 10.2 Å². The van der Waals surface area contributed by atoms with Crippen molar-refractivity contribution in [3.63, 3.8) is 0 Å². The number of amides is 1. The first kappa shape index (κ1) is 17.8. The average molecular weight is 360 g/mol. The molecule has 1 atom stereocenters. The average Bonchev–Trinajstić information content (AvgIpc) is 3.29. The molecule has 7 heteroatoms. The predicted molar refractivity (Wildman–Crippen MR) is 99.1 cm³/mol. The van der Waals surface area contributed by atoms with Gasteiger partial charge in [0.25, 0.3) is 5.91 Å². The molecule has 0 bridgehead atoms. The van der Waals surface area contributed by atoms with Gasteiger partial charge in [-0.3, -0.25) is 4.79 Å². The third-order valence-corrected chi connectivity index (χ3v) is 5.28.